The van der Waals surface area contributed by atoms with Crippen molar-refractivity contribution in [3.05, 3.63) is 0 Å². The molecule has 1 saturated heterocycles. The van der Waals surface area contributed by atoms with Crippen molar-refractivity contribution in [3.63, 3.8) is 0 Å². The minimum atomic E-state index is -2.70. The number of hydrogen-bond donors (Lipinski definition) is 1. The lowest BCUT2D eigenvalue weighted by atomic mass is 10.00. The Labute approximate surface area is 62.1 Å². The van der Waals surface area contributed by atoms with Crippen LogP contribution >= 0.6 is 7.37 Å². The SMILES string of the molecule is CC1CC(C)CP(=O)(O)C1. The molecule has 2 nitrogen and oxygen atoms in total. The third kappa shape index (κ3) is 2.10. The van der Waals surface area contributed by atoms with Gasteiger partial charge < -0.3 is 4.89 Å². The summed E-state index contributed by atoms with van der Waals surface area (Å²) in [6.07, 6.45) is 2.19. The van der Waals surface area contributed by atoms with E-state index in [0.29, 0.717) is 24.2 Å². The molecule has 0 aromatic heterocycles. The molecule has 0 radical (unpaired) electrons. The second kappa shape index (κ2) is 2.67. The van der Waals surface area contributed by atoms with Crippen LogP contribution in [0.15, 0.2) is 0 Å². The molecule has 10 heavy (non-hydrogen) atoms. The van der Waals surface area contributed by atoms with E-state index >= 15 is 0 Å². The van der Waals surface area contributed by atoms with E-state index < -0.39 is 7.37 Å². The molecule has 1 heterocycles. The first-order chi connectivity index (χ1) is 4.49. The van der Waals surface area contributed by atoms with Crippen molar-refractivity contribution in [2.45, 2.75) is 20.3 Å². The van der Waals surface area contributed by atoms with Gasteiger partial charge in [0.05, 0.1) is 0 Å². The highest BCUT2D eigenvalue weighted by molar-refractivity contribution is 7.58. The summed E-state index contributed by atoms with van der Waals surface area (Å²) in [7, 11) is -2.70. The second-order valence-corrected chi connectivity index (χ2v) is 6.08. The first-order valence-corrected chi connectivity index (χ1v) is 5.83. The second-order valence-electron chi connectivity index (χ2n) is 3.66. The first kappa shape index (κ1) is 8.29. The van der Waals surface area contributed by atoms with E-state index in [2.05, 4.69) is 13.8 Å². The van der Waals surface area contributed by atoms with Gasteiger partial charge in [-0.25, -0.2) is 0 Å². The van der Waals surface area contributed by atoms with E-state index in [4.69, 9.17) is 0 Å². The topological polar surface area (TPSA) is 37.3 Å². The fourth-order valence-electron chi connectivity index (χ4n) is 1.88. The highest BCUT2D eigenvalue weighted by atomic mass is 31.2. The van der Waals surface area contributed by atoms with Crippen LogP contribution in [0.2, 0.25) is 0 Å². The quantitative estimate of drug-likeness (QED) is 0.552. The molecule has 2 atom stereocenters. The van der Waals surface area contributed by atoms with Gasteiger partial charge >= 0.3 is 0 Å². The fourth-order valence-corrected chi connectivity index (χ4v) is 4.28. The lowest BCUT2D eigenvalue weighted by molar-refractivity contribution is 0.389. The van der Waals surface area contributed by atoms with Crippen molar-refractivity contribution in [2.75, 3.05) is 12.3 Å². The van der Waals surface area contributed by atoms with E-state index in [1.165, 1.54) is 0 Å². The van der Waals surface area contributed by atoms with Gasteiger partial charge in [-0.1, -0.05) is 13.8 Å². The Morgan fingerprint density at radius 3 is 2.00 bits per heavy atom. The van der Waals surface area contributed by atoms with Gasteiger partial charge in [0.2, 0.25) is 7.37 Å². The summed E-state index contributed by atoms with van der Waals surface area (Å²) in [6, 6.07) is 0. The zero-order chi connectivity index (χ0) is 7.78. The van der Waals surface area contributed by atoms with Crippen LogP contribution in [0.5, 0.6) is 0 Å². The largest absolute Gasteiger partial charge is 0.344 e. The zero-order valence-electron chi connectivity index (χ0n) is 6.58. The Morgan fingerprint density at radius 1 is 1.30 bits per heavy atom. The Kier molecular flexibility index (Phi) is 2.21. The summed E-state index contributed by atoms with van der Waals surface area (Å²) in [5.74, 6) is 0.888. The van der Waals surface area contributed by atoms with E-state index in [1.807, 2.05) is 0 Å². The van der Waals surface area contributed by atoms with E-state index in [-0.39, 0.29) is 0 Å². The van der Waals surface area contributed by atoms with Gasteiger partial charge in [0, 0.05) is 12.3 Å². The predicted molar refractivity (Wildman–Crippen MR) is 42.5 cm³/mol. The average Bonchev–Trinajstić information content (AvgIpc) is 1.54. The maximum atomic E-state index is 11.2. The van der Waals surface area contributed by atoms with Crippen molar-refractivity contribution in [3.8, 4) is 0 Å². The molecule has 3 heteroatoms. The third-order valence-corrected chi connectivity index (χ3v) is 4.39. The van der Waals surface area contributed by atoms with Crippen molar-refractivity contribution in [1.82, 2.24) is 0 Å². The molecule has 0 aromatic carbocycles. The van der Waals surface area contributed by atoms with Gasteiger partial charge in [-0.05, 0) is 18.3 Å². The molecule has 2 unspecified atom stereocenters. The van der Waals surface area contributed by atoms with Crippen LogP contribution in [0.25, 0.3) is 0 Å². The van der Waals surface area contributed by atoms with Crippen molar-refractivity contribution in [1.29, 1.82) is 0 Å². The monoisotopic (exact) mass is 162 g/mol. The summed E-state index contributed by atoms with van der Waals surface area (Å²) >= 11 is 0. The van der Waals surface area contributed by atoms with Crippen LogP contribution in [0.1, 0.15) is 20.3 Å². The molecule has 1 aliphatic heterocycles. The van der Waals surface area contributed by atoms with Crippen molar-refractivity contribution >= 4 is 7.37 Å². The Hall–Kier alpha value is 0.190. The molecule has 1 aliphatic rings. The molecule has 60 valence electrons. The average molecular weight is 162 g/mol. The Bertz CT molecular complexity index is 153. The smallest absolute Gasteiger partial charge is 0.201 e. The minimum absolute atomic E-state index is 0.444. The fraction of sp³-hybridized carbons (Fsp3) is 1.00. The van der Waals surface area contributed by atoms with E-state index in [0.717, 1.165) is 6.42 Å². The summed E-state index contributed by atoms with van der Waals surface area (Å²) < 4.78 is 11.2. The molecule has 0 bridgehead atoms. The summed E-state index contributed by atoms with van der Waals surface area (Å²) in [6.45, 7) is 4.11. The lowest BCUT2D eigenvalue weighted by Gasteiger charge is -2.27. The van der Waals surface area contributed by atoms with Gasteiger partial charge in [-0.15, -0.1) is 0 Å². The molecule has 0 saturated carbocycles. The molecule has 0 aliphatic carbocycles. The van der Waals surface area contributed by atoms with E-state index in [1.54, 1.807) is 0 Å². The van der Waals surface area contributed by atoms with Crippen LogP contribution in [0.3, 0.4) is 0 Å². The van der Waals surface area contributed by atoms with Crippen molar-refractivity contribution < 1.29 is 9.46 Å². The molecule has 1 fully saturated rings. The number of rotatable bonds is 0. The molecular weight excluding hydrogens is 147 g/mol. The summed E-state index contributed by atoms with van der Waals surface area (Å²) in [5, 5.41) is 0. The van der Waals surface area contributed by atoms with Gasteiger partial charge in [0.15, 0.2) is 0 Å². The van der Waals surface area contributed by atoms with Crippen LogP contribution in [-0.4, -0.2) is 17.2 Å². The van der Waals surface area contributed by atoms with Crippen LogP contribution in [0.4, 0.5) is 0 Å². The van der Waals surface area contributed by atoms with Crippen LogP contribution in [-0.2, 0) is 4.57 Å². The van der Waals surface area contributed by atoms with Gasteiger partial charge in [-0.2, -0.15) is 0 Å². The number of hydrogen-bond acceptors (Lipinski definition) is 1. The Morgan fingerprint density at radius 2 is 1.70 bits per heavy atom. The van der Waals surface area contributed by atoms with Gasteiger partial charge in [0.1, 0.15) is 0 Å². The standard InChI is InChI=1S/C7H15O2P/c1-6-3-7(2)5-10(8,9)4-6/h6-7H,3-5H2,1-2H3,(H,8,9). The molecule has 1 N–H and O–H groups in total. The third-order valence-electron chi connectivity index (χ3n) is 2.00. The Balaban J connectivity index is 2.60. The van der Waals surface area contributed by atoms with Gasteiger partial charge in [-0.3, -0.25) is 4.57 Å². The van der Waals surface area contributed by atoms with Crippen LogP contribution in [0, 0.1) is 11.8 Å². The summed E-state index contributed by atoms with van der Waals surface area (Å²) in [4.78, 5) is 9.27. The maximum absolute atomic E-state index is 11.2. The van der Waals surface area contributed by atoms with E-state index in [9.17, 15) is 9.46 Å². The molecule has 0 amide bonds. The van der Waals surface area contributed by atoms with Crippen molar-refractivity contribution in [2.24, 2.45) is 11.8 Å². The lowest BCUT2D eigenvalue weighted by Crippen LogP contribution is -2.19. The first-order valence-electron chi connectivity index (χ1n) is 3.80. The summed E-state index contributed by atoms with van der Waals surface area (Å²) in [5.41, 5.74) is 0. The zero-order valence-corrected chi connectivity index (χ0v) is 7.47. The van der Waals surface area contributed by atoms with Gasteiger partial charge in [0.25, 0.3) is 0 Å². The molecule has 0 aromatic rings. The highest BCUT2D eigenvalue weighted by Crippen LogP contribution is 2.49. The maximum Gasteiger partial charge on any atom is 0.201 e. The minimum Gasteiger partial charge on any atom is -0.344 e. The molecule has 0 spiro atoms. The molecular formula is C7H15O2P. The molecule has 1 rings (SSSR count). The highest BCUT2D eigenvalue weighted by Gasteiger charge is 2.30. The van der Waals surface area contributed by atoms with Crippen LogP contribution < -0.4 is 0 Å². The predicted octanol–water partition coefficient (Wildman–Crippen LogP) is 1.93. The normalized spacial score (nSPS) is 49.1.